The van der Waals surface area contributed by atoms with Gasteiger partial charge < -0.3 is 10.4 Å². The van der Waals surface area contributed by atoms with Gasteiger partial charge in [0.2, 0.25) is 0 Å². The van der Waals surface area contributed by atoms with E-state index in [1.165, 1.54) is 36.4 Å². The molecule has 1 amide bonds. The number of carboxylic acids is 1. The molecule has 0 saturated carbocycles. The number of nitrogens with one attached hydrogen (secondary N) is 1. The van der Waals surface area contributed by atoms with Crippen LogP contribution in [0.3, 0.4) is 0 Å². The Balaban J connectivity index is 1.88. The molecule has 1 heterocycles. The monoisotopic (exact) mass is 426 g/mol. The van der Waals surface area contributed by atoms with Crippen LogP contribution >= 0.6 is 23.4 Å². The number of carbonyl (C=O) groups is 2. The number of carbonyl (C=O) groups excluding carboxylic acids is 1. The minimum Gasteiger partial charge on any atom is -0.478 e. The van der Waals surface area contributed by atoms with Gasteiger partial charge in [-0.3, -0.25) is 4.79 Å². The van der Waals surface area contributed by atoms with Gasteiger partial charge in [0, 0.05) is 5.02 Å². The number of aromatic carboxylic acids is 1. The number of amides is 1. The van der Waals surface area contributed by atoms with Crippen LogP contribution in [0.25, 0.3) is 6.08 Å². The predicted octanol–water partition coefficient (Wildman–Crippen LogP) is 4.95. The fourth-order valence-electron chi connectivity index (χ4n) is 2.30. The molecular weight excluding hydrogens is 417 g/mol. The average molecular weight is 427 g/mol. The topological polar surface area (TPSA) is 78.8 Å². The van der Waals surface area contributed by atoms with E-state index in [1.807, 2.05) is 0 Å². The van der Waals surface area contributed by atoms with Crippen LogP contribution in [0.1, 0.15) is 21.5 Å². The largest absolute Gasteiger partial charge is 0.478 e. The first-order valence-corrected chi connectivity index (χ1v) is 8.82. The molecule has 1 aliphatic heterocycles. The number of alkyl halides is 3. The SMILES string of the molecule is O=C1NC(=Nc2ccc(Cl)cc2C(F)(F)F)S/C1=C\c1ccc(C(=O)O)cc1. The minimum atomic E-state index is -4.65. The average Bonchev–Trinajstić information content (AvgIpc) is 2.95. The number of rotatable bonds is 3. The van der Waals surface area contributed by atoms with E-state index >= 15 is 0 Å². The minimum absolute atomic E-state index is 0.00812. The van der Waals surface area contributed by atoms with E-state index in [1.54, 1.807) is 0 Å². The third kappa shape index (κ3) is 4.55. The van der Waals surface area contributed by atoms with E-state index in [0.29, 0.717) is 5.56 Å². The van der Waals surface area contributed by atoms with Crippen molar-refractivity contribution >= 4 is 52.2 Å². The van der Waals surface area contributed by atoms with Crippen molar-refractivity contribution in [3.8, 4) is 0 Å². The molecule has 2 aromatic rings. The van der Waals surface area contributed by atoms with Crippen LogP contribution in [0.5, 0.6) is 0 Å². The standard InChI is InChI=1S/C18H10ClF3N2O3S/c19-11-5-6-13(12(8-11)18(20,21)22)23-17-24-15(25)14(28-17)7-9-1-3-10(4-2-9)16(26)27/h1-8H,(H,26,27)(H,23,24,25)/b14-7-. The summed E-state index contributed by atoms with van der Waals surface area (Å²) in [4.78, 5) is 27.0. The van der Waals surface area contributed by atoms with Gasteiger partial charge in [-0.2, -0.15) is 13.2 Å². The molecule has 0 radical (unpaired) electrons. The summed E-state index contributed by atoms with van der Waals surface area (Å²) in [7, 11) is 0. The van der Waals surface area contributed by atoms with E-state index in [-0.39, 0.29) is 26.3 Å². The second-order valence-corrected chi connectivity index (χ2v) is 7.04. The molecule has 144 valence electrons. The normalized spacial score (nSPS) is 17.2. The summed E-state index contributed by atoms with van der Waals surface area (Å²) in [6.07, 6.45) is -3.16. The fraction of sp³-hybridized carbons (Fsp3) is 0.0556. The molecule has 28 heavy (non-hydrogen) atoms. The van der Waals surface area contributed by atoms with Crippen LogP contribution < -0.4 is 5.32 Å². The fourth-order valence-corrected chi connectivity index (χ4v) is 3.30. The number of hydrogen-bond acceptors (Lipinski definition) is 4. The summed E-state index contributed by atoms with van der Waals surface area (Å²) in [6, 6.07) is 8.95. The number of benzene rings is 2. The quantitative estimate of drug-likeness (QED) is 0.681. The van der Waals surface area contributed by atoms with Gasteiger partial charge in [-0.25, -0.2) is 9.79 Å². The third-order valence-electron chi connectivity index (χ3n) is 3.59. The van der Waals surface area contributed by atoms with Crippen molar-refractivity contribution in [2.45, 2.75) is 6.18 Å². The summed E-state index contributed by atoms with van der Waals surface area (Å²) >= 11 is 6.51. The lowest BCUT2D eigenvalue weighted by atomic mass is 10.1. The van der Waals surface area contributed by atoms with Crippen LogP contribution in [0.2, 0.25) is 5.02 Å². The number of thioether (sulfide) groups is 1. The van der Waals surface area contributed by atoms with Gasteiger partial charge in [-0.05, 0) is 53.7 Å². The smallest absolute Gasteiger partial charge is 0.418 e. The Bertz CT molecular complexity index is 1020. The summed E-state index contributed by atoms with van der Waals surface area (Å²) in [5.41, 5.74) is -0.725. The lowest BCUT2D eigenvalue weighted by Crippen LogP contribution is -2.19. The van der Waals surface area contributed by atoms with Gasteiger partial charge in [0.25, 0.3) is 5.91 Å². The lowest BCUT2D eigenvalue weighted by molar-refractivity contribution is -0.137. The number of nitrogens with zero attached hydrogens (tertiary/aromatic N) is 1. The van der Waals surface area contributed by atoms with E-state index in [2.05, 4.69) is 10.3 Å². The van der Waals surface area contributed by atoms with Crippen LogP contribution in [-0.2, 0) is 11.0 Å². The molecule has 5 nitrogen and oxygen atoms in total. The van der Waals surface area contributed by atoms with Gasteiger partial charge in [0.15, 0.2) is 5.17 Å². The zero-order chi connectivity index (χ0) is 20.5. The van der Waals surface area contributed by atoms with E-state index in [9.17, 15) is 22.8 Å². The summed E-state index contributed by atoms with van der Waals surface area (Å²) in [5, 5.41) is 11.2. The molecule has 0 unspecified atom stereocenters. The van der Waals surface area contributed by atoms with Gasteiger partial charge in [-0.15, -0.1) is 0 Å². The number of hydrogen-bond donors (Lipinski definition) is 2. The summed E-state index contributed by atoms with van der Waals surface area (Å²) < 4.78 is 39.5. The predicted molar refractivity (Wildman–Crippen MR) is 101 cm³/mol. The van der Waals surface area contributed by atoms with Gasteiger partial charge in [0.05, 0.1) is 21.7 Å². The zero-order valence-corrected chi connectivity index (χ0v) is 15.3. The van der Waals surface area contributed by atoms with Crippen LogP contribution in [0.15, 0.2) is 52.4 Å². The first kappa shape index (κ1) is 20.0. The van der Waals surface area contributed by atoms with Crippen LogP contribution in [-0.4, -0.2) is 22.2 Å². The molecule has 1 fully saturated rings. The van der Waals surface area contributed by atoms with Crippen molar-refractivity contribution in [3.63, 3.8) is 0 Å². The van der Waals surface area contributed by atoms with E-state index in [0.717, 1.165) is 23.9 Å². The van der Waals surface area contributed by atoms with Crippen molar-refractivity contribution in [2.75, 3.05) is 0 Å². The maximum atomic E-state index is 13.2. The molecule has 0 bridgehead atoms. The highest BCUT2D eigenvalue weighted by Gasteiger charge is 2.34. The lowest BCUT2D eigenvalue weighted by Gasteiger charge is -2.10. The first-order chi connectivity index (χ1) is 13.1. The Hall–Kier alpha value is -2.78. The van der Waals surface area contributed by atoms with Crippen molar-refractivity contribution in [2.24, 2.45) is 4.99 Å². The Labute approximate surface area is 165 Å². The van der Waals surface area contributed by atoms with Gasteiger partial charge in [-0.1, -0.05) is 23.7 Å². The van der Waals surface area contributed by atoms with Crippen LogP contribution in [0, 0.1) is 0 Å². The highest BCUT2D eigenvalue weighted by Crippen LogP contribution is 2.39. The Morgan fingerprint density at radius 1 is 1.18 bits per heavy atom. The van der Waals surface area contributed by atoms with Crippen molar-refractivity contribution in [3.05, 3.63) is 69.1 Å². The van der Waals surface area contributed by atoms with Gasteiger partial charge in [0.1, 0.15) is 0 Å². The highest BCUT2D eigenvalue weighted by molar-refractivity contribution is 8.18. The second-order valence-electron chi connectivity index (χ2n) is 5.57. The first-order valence-electron chi connectivity index (χ1n) is 7.63. The summed E-state index contributed by atoms with van der Waals surface area (Å²) in [5.74, 6) is -1.60. The molecule has 0 spiro atoms. The molecule has 2 N–H and O–H groups in total. The molecule has 2 aromatic carbocycles. The molecule has 0 aromatic heterocycles. The highest BCUT2D eigenvalue weighted by atomic mass is 35.5. The molecule has 10 heteroatoms. The Morgan fingerprint density at radius 2 is 1.86 bits per heavy atom. The number of aliphatic imine (C=N–C) groups is 1. The van der Waals surface area contributed by atoms with Crippen molar-refractivity contribution < 1.29 is 27.9 Å². The van der Waals surface area contributed by atoms with E-state index < -0.39 is 23.6 Å². The zero-order valence-electron chi connectivity index (χ0n) is 13.7. The van der Waals surface area contributed by atoms with Gasteiger partial charge >= 0.3 is 12.1 Å². The maximum Gasteiger partial charge on any atom is 0.418 e. The molecule has 1 aliphatic rings. The number of amidine groups is 1. The number of carboxylic acid groups (broad SMARTS) is 1. The van der Waals surface area contributed by atoms with Crippen LogP contribution in [0.4, 0.5) is 18.9 Å². The number of halogens is 4. The van der Waals surface area contributed by atoms with E-state index in [4.69, 9.17) is 16.7 Å². The Morgan fingerprint density at radius 3 is 2.46 bits per heavy atom. The molecule has 1 saturated heterocycles. The second kappa shape index (κ2) is 7.69. The molecule has 0 aliphatic carbocycles. The molecular formula is C18H10ClF3N2O3S. The van der Waals surface area contributed by atoms with Crippen molar-refractivity contribution in [1.29, 1.82) is 0 Å². The Kier molecular flexibility index (Phi) is 5.48. The third-order valence-corrected chi connectivity index (χ3v) is 4.74. The summed E-state index contributed by atoms with van der Waals surface area (Å²) in [6.45, 7) is 0. The maximum absolute atomic E-state index is 13.2. The molecule has 0 atom stereocenters. The van der Waals surface area contributed by atoms with Crippen molar-refractivity contribution in [1.82, 2.24) is 5.32 Å². The molecule has 3 rings (SSSR count).